The number of hydrogen-bond acceptors (Lipinski definition) is 2. The molecule has 0 unspecified atom stereocenters. The molecule has 2 nitrogen and oxygen atoms in total. The Labute approximate surface area is 181 Å². The highest BCUT2D eigenvalue weighted by atomic mass is 32.2. The van der Waals surface area contributed by atoms with Crippen LogP contribution in [0.25, 0.3) is 0 Å². The number of allylic oxidation sites excluding steroid dienone is 2. The van der Waals surface area contributed by atoms with Crippen molar-refractivity contribution in [3.05, 3.63) is 41.0 Å². The highest BCUT2D eigenvalue weighted by Crippen LogP contribution is 2.61. The lowest BCUT2D eigenvalue weighted by Gasteiger charge is -2.41. The van der Waals surface area contributed by atoms with Gasteiger partial charge in [-0.1, -0.05) is 65.0 Å². The van der Waals surface area contributed by atoms with Crippen molar-refractivity contribution in [2.45, 2.75) is 90.9 Å². The molecule has 2 aliphatic carbocycles. The molecule has 0 saturated heterocycles. The van der Waals surface area contributed by atoms with Crippen molar-refractivity contribution < 1.29 is 9.90 Å². The summed E-state index contributed by atoms with van der Waals surface area (Å²) in [4.78, 5) is 12.3. The molecule has 0 aromatic heterocycles. The number of aromatic carboxylic acids is 1. The molecule has 0 heterocycles. The van der Waals surface area contributed by atoms with Crippen LogP contribution in [-0.2, 0) is 0 Å². The summed E-state index contributed by atoms with van der Waals surface area (Å²) in [6, 6.07) is 7.42. The van der Waals surface area contributed by atoms with Crippen molar-refractivity contribution >= 4 is 17.7 Å². The van der Waals surface area contributed by atoms with E-state index in [1.807, 2.05) is 23.9 Å². The Bertz CT molecular complexity index is 742. The van der Waals surface area contributed by atoms with E-state index in [1.54, 1.807) is 23.3 Å². The van der Waals surface area contributed by atoms with Crippen molar-refractivity contribution in [1.82, 2.24) is 0 Å². The summed E-state index contributed by atoms with van der Waals surface area (Å²) in [5.74, 6) is 0.275. The number of rotatable bonds is 8. The van der Waals surface area contributed by atoms with Gasteiger partial charge < -0.3 is 5.11 Å². The standard InChI is InChI=1S/C26H38O2S/c1-6-7-8-13-26(18-29-20-11-9-19(10-12-20)23(27)28)16-21-22(17-26)25(4,5)15-14-24(21,2)3/h9-12H,6-8,13-18H2,1-5H3,(H,27,28). The maximum absolute atomic E-state index is 11.1. The Morgan fingerprint density at radius 3 is 2.00 bits per heavy atom. The van der Waals surface area contributed by atoms with E-state index in [9.17, 15) is 4.79 Å². The molecule has 160 valence electrons. The Morgan fingerprint density at radius 2 is 1.52 bits per heavy atom. The molecule has 3 rings (SSSR count). The third-order valence-electron chi connectivity index (χ3n) is 7.43. The molecule has 0 fully saturated rings. The molecule has 0 aliphatic heterocycles. The molecular formula is C26H38O2S. The zero-order valence-corrected chi connectivity index (χ0v) is 19.8. The molecule has 3 heteroatoms. The normalized spacial score (nSPS) is 21.8. The molecule has 0 atom stereocenters. The first kappa shape index (κ1) is 22.5. The Balaban J connectivity index is 1.79. The van der Waals surface area contributed by atoms with Crippen LogP contribution >= 0.6 is 11.8 Å². The third kappa shape index (κ3) is 4.93. The van der Waals surface area contributed by atoms with E-state index in [4.69, 9.17) is 5.11 Å². The molecule has 2 aliphatic rings. The zero-order chi connectivity index (χ0) is 21.3. The summed E-state index contributed by atoms with van der Waals surface area (Å²) in [5.41, 5.74) is 4.91. The first-order valence-electron chi connectivity index (χ1n) is 11.3. The smallest absolute Gasteiger partial charge is 0.335 e. The second-order valence-electron chi connectivity index (χ2n) is 10.7. The van der Waals surface area contributed by atoms with Gasteiger partial charge in [-0.05, 0) is 72.6 Å². The maximum atomic E-state index is 11.1. The molecule has 1 aromatic rings. The number of hydrogen-bond donors (Lipinski definition) is 1. The van der Waals surface area contributed by atoms with E-state index in [0.29, 0.717) is 21.8 Å². The monoisotopic (exact) mass is 414 g/mol. The van der Waals surface area contributed by atoms with Crippen LogP contribution in [0.15, 0.2) is 40.3 Å². The first-order valence-corrected chi connectivity index (χ1v) is 12.3. The SMILES string of the molecule is CCCCCC1(CSc2ccc(C(=O)O)cc2)CC2=C(C1)C(C)(C)CCC2(C)C. The molecule has 0 bridgehead atoms. The summed E-state index contributed by atoms with van der Waals surface area (Å²) in [6.45, 7) is 12.1. The van der Waals surface area contributed by atoms with Gasteiger partial charge in [0.25, 0.3) is 0 Å². The largest absolute Gasteiger partial charge is 0.478 e. The van der Waals surface area contributed by atoms with Gasteiger partial charge in [-0.15, -0.1) is 11.8 Å². The summed E-state index contributed by atoms with van der Waals surface area (Å²) in [5, 5.41) is 9.14. The van der Waals surface area contributed by atoms with E-state index >= 15 is 0 Å². The maximum Gasteiger partial charge on any atom is 0.335 e. The van der Waals surface area contributed by atoms with E-state index in [0.717, 1.165) is 5.75 Å². The quantitative estimate of drug-likeness (QED) is 0.266. The molecule has 0 saturated carbocycles. The van der Waals surface area contributed by atoms with Gasteiger partial charge in [-0.2, -0.15) is 0 Å². The molecule has 0 amide bonds. The highest BCUT2D eigenvalue weighted by molar-refractivity contribution is 7.99. The van der Waals surface area contributed by atoms with Gasteiger partial charge in [-0.25, -0.2) is 4.79 Å². The third-order valence-corrected chi connectivity index (χ3v) is 8.80. The number of thioether (sulfide) groups is 1. The van der Waals surface area contributed by atoms with Crippen LogP contribution in [0.4, 0.5) is 0 Å². The Morgan fingerprint density at radius 1 is 0.966 bits per heavy atom. The highest BCUT2D eigenvalue weighted by Gasteiger charge is 2.49. The van der Waals surface area contributed by atoms with Gasteiger partial charge in [0.05, 0.1) is 5.56 Å². The molecule has 1 N–H and O–H groups in total. The predicted octanol–water partition coefficient (Wildman–Crippen LogP) is 7.98. The van der Waals surface area contributed by atoms with Crippen molar-refractivity contribution in [1.29, 1.82) is 0 Å². The van der Waals surface area contributed by atoms with Gasteiger partial charge in [-0.3, -0.25) is 0 Å². The summed E-state index contributed by atoms with van der Waals surface area (Å²) >= 11 is 1.92. The summed E-state index contributed by atoms with van der Waals surface area (Å²) < 4.78 is 0. The lowest BCUT2D eigenvalue weighted by molar-refractivity contribution is 0.0697. The van der Waals surface area contributed by atoms with Crippen LogP contribution in [0.5, 0.6) is 0 Å². The van der Waals surface area contributed by atoms with Gasteiger partial charge >= 0.3 is 5.97 Å². The van der Waals surface area contributed by atoms with E-state index in [2.05, 4.69) is 34.6 Å². The minimum atomic E-state index is -0.852. The molecule has 0 spiro atoms. The van der Waals surface area contributed by atoms with Crippen LogP contribution in [0.2, 0.25) is 0 Å². The zero-order valence-electron chi connectivity index (χ0n) is 18.9. The summed E-state index contributed by atoms with van der Waals surface area (Å²) in [6.07, 6.45) is 10.3. The summed E-state index contributed by atoms with van der Waals surface area (Å²) in [7, 11) is 0. The van der Waals surface area contributed by atoms with Crippen molar-refractivity contribution in [2.75, 3.05) is 5.75 Å². The second kappa shape index (κ2) is 8.49. The van der Waals surface area contributed by atoms with Crippen LogP contribution in [0.1, 0.15) is 96.3 Å². The lowest BCUT2D eigenvalue weighted by Crippen LogP contribution is -2.28. The number of carbonyl (C=O) groups is 1. The molecular weight excluding hydrogens is 376 g/mol. The van der Waals surface area contributed by atoms with Crippen LogP contribution < -0.4 is 0 Å². The average Bonchev–Trinajstić information content (AvgIpc) is 3.07. The van der Waals surface area contributed by atoms with Crippen molar-refractivity contribution in [2.24, 2.45) is 16.2 Å². The predicted molar refractivity (Wildman–Crippen MR) is 124 cm³/mol. The fourth-order valence-electron chi connectivity index (χ4n) is 5.28. The minimum absolute atomic E-state index is 0.338. The van der Waals surface area contributed by atoms with Gasteiger partial charge in [0.15, 0.2) is 0 Å². The Kier molecular flexibility index (Phi) is 6.58. The second-order valence-corrected chi connectivity index (χ2v) is 11.7. The number of carboxylic acid groups (broad SMARTS) is 1. The van der Waals surface area contributed by atoms with Crippen LogP contribution in [-0.4, -0.2) is 16.8 Å². The number of benzene rings is 1. The van der Waals surface area contributed by atoms with Crippen LogP contribution in [0.3, 0.4) is 0 Å². The van der Waals surface area contributed by atoms with E-state index < -0.39 is 5.97 Å². The fraction of sp³-hybridized carbons (Fsp3) is 0.654. The average molecular weight is 415 g/mol. The van der Waals surface area contributed by atoms with Crippen molar-refractivity contribution in [3.63, 3.8) is 0 Å². The van der Waals surface area contributed by atoms with E-state index in [1.165, 1.54) is 56.3 Å². The topological polar surface area (TPSA) is 37.3 Å². The lowest BCUT2D eigenvalue weighted by atomic mass is 9.64. The van der Waals surface area contributed by atoms with Crippen molar-refractivity contribution in [3.8, 4) is 0 Å². The molecule has 1 aromatic carbocycles. The van der Waals surface area contributed by atoms with Gasteiger partial charge in [0.2, 0.25) is 0 Å². The van der Waals surface area contributed by atoms with Crippen LogP contribution in [0, 0.1) is 16.2 Å². The number of unbranched alkanes of at least 4 members (excludes halogenated alkanes) is 2. The molecule has 0 radical (unpaired) electrons. The number of carboxylic acids is 1. The first-order chi connectivity index (χ1) is 13.6. The molecule has 29 heavy (non-hydrogen) atoms. The minimum Gasteiger partial charge on any atom is -0.478 e. The fourth-order valence-corrected chi connectivity index (χ4v) is 6.43. The van der Waals surface area contributed by atoms with Gasteiger partial charge in [0.1, 0.15) is 0 Å². The van der Waals surface area contributed by atoms with E-state index in [-0.39, 0.29) is 0 Å². The Hall–Kier alpha value is -1.22. The van der Waals surface area contributed by atoms with Gasteiger partial charge in [0, 0.05) is 10.6 Å².